The molecule has 0 saturated carbocycles. The van der Waals surface area contributed by atoms with Gasteiger partial charge in [-0.3, -0.25) is 0 Å². The first-order chi connectivity index (χ1) is 9.37. The van der Waals surface area contributed by atoms with Gasteiger partial charge in [0.25, 0.3) is 0 Å². The van der Waals surface area contributed by atoms with Crippen molar-refractivity contribution >= 4 is 9.84 Å². The standard InChI is InChI=1S/C14H19F2NO2S/c1-10(8-12-13(15)5-2-6-14(12)16)17-11-4-3-7-20(18,19)9-11/h2,5-6,10-11,17H,3-4,7-9H2,1H3. The van der Waals surface area contributed by atoms with Crippen molar-refractivity contribution in [3.63, 3.8) is 0 Å². The Morgan fingerprint density at radius 3 is 2.60 bits per heavy atom. The number of hydrogen-bond acceptors (Lipinski definition) is 3. The van der Waals surface area contributed by atoms with Crippen molar-refractivity contribution in [3.8, 4) is 0 Å². The quantitative estimate of drug-likeness (QED) is 0.926. The molecular weight excluding hydrogens is 284 g/mol. The van der Waals surface area contributed by atoms with E-state index in [1.807, 2.05) is 6.92 Å². The maximum Gasteiger partial charge on any atom is 0.151 e. The number of halogens is 2. The van der Waals surface area contributed by atoms with Gasteiger partial charge in [-0.15, -0.1) is 0 Å². The first-order valence-electron chi connectivity index (χ1n) is 6.77. The average Bonchev–Trinajstić information content (AvgIpc) is 2.33. The first kappa shape index (κ1) is 15.4. The van der Waals surface area contributed by atoms with Gasteiger partial charge < -0.3 is 5.32 Å². The summed E-state index contributed by atoms with van der Waals surface area (Å²) in [5.74, 6) is -0.775. The Morgan fingerprint density at radius 1 is 1.35 bits per heavy atom. The Labute approximate surface area is 118 Å². The van der Waals surface area contributed by atoms with Crippen LogP contribution in [0.25, 0.3) is 0 Å². The van der Waals surface area contributed by atoms with Gasteiger partial charge in [0, 0.05) is 17.6 Å². The molecule has 0 bridgehead atoms. The van der Waals surface area contributed by atoms with E-state index in [0.717, 1.165) is 6.42 Å². The minimum atomic E-state index is -2.98. The zero-order valence-electron chi connectivity index (χ0n) is 11.4. The number of sulfone groups is 1. The van der Waals surface area contributed by atoms with Crippen molar-refractivity contribution in [1.29, 1.82) is 0 Å². The third-order valence-electron chi connectivity index (χ3n) is 3.56. The van der Waals surface area contributed by atoms with Gasteiger partial charge >= 0.3 is 0 Å². The van der Waals surface area contributed by atoms with Crippen molar-refractivity contribution in [3.05, 3.63) is 35.4 Å². The summed E-state index contributed by atoms with van der Waals surface area (Å²) < 4.78 is 50.2. The summed E-state index contributed by atoms with van der Waals surface area (Å²) in [5.41, 5.74) is 0.0474. The lowest BCUT2D eigenvalue weighted by Gasteiger charge is -2.26. The van der Waals surface area contributed by atoms with Crippen LogP contribution in [0.15, 0.2) is 18.2 Å². The molecule has 1 fully saturated rings. The SMILES string of the molecule is CC(Cc1c(F)cccc1F)NC1CCCS(=O)(=O)C1. The number of rotatable bonds is 4. The van der Waals surface area contributed by atoms with Gasteiger partial charge in [0.05, 0.1) is 11.5 Å². The molecule has 1 aromatic carbocycles. The van der Waals surface area contributed by atoms with E-state index in [9.17, 15) is 17.2 Å². The summed E-state index contributed by atoms with van der Waals surface area (Å²) in [7, 11) is -2.98. The molecule has 0 aromatic heterocycles. The van der Waals surface area contributed by atoms with Crippen LogP contribution in [0.5, 0.6) is 0 Å². The molecule has 1 heterocycles. The molecular formula is C14H19F2NO2S. The Bertz CT molecular complexity index is 554. The van der Waals surface area contributed by atoms with Crippen LogP contribution in [0.3, 0.4) is 0 Å². The minimum Gasteiger partial charge on any atom is -0.310 e. The van der Waals surface area contributed by atoms with E-state index < -0.39 is 21.5 Å². The van der Waals surface area contributed by atoms with E-state index in [0.29, 0.717) is 6.42 Å². The smallest absolute Gasteiger partial charge is 0.151 e. The molecule has 1 N–H and O–H groups in total. The molecule has 0 radical (unpaired) electrons. The molecule has 2 atom stereocenters. The second-order valence-electron chi connectivity index (χ2n) is 5.43. The van der Waals surface area contributed by atoms with E-state index in [1.54, 1.807) is 0 Å². The van der Waals surface area contributed by atoms with Crippen LogP contribution >= 0.6 is 0 Å². The molecule has 20 heavy (non-hydrogen) atoms. The average molecular weight is 303 g/mol. The molecule has 1 aromatic rings. The molecule has 3 nitrogen and oxygen atoms in total. The third kappa shape index (κ3) is 3.99. The summed E-state index contributed by atoms with van der Waals surface area (Å²) in [6.07, 6.45) is 1.62. The van der Waals surface area contributed by atoms with Crippen LogP contribution in [-0.4, -0.2) is 32.0 Å². The first-order valence-corrected chi connectivity index (χ1v) is 8.59. The fourth-order valence-corrected chi connectivity index (χ4v) is 4.30. The molecule has 1 aliphatic rings. The maximum absolute atomic E-state index is 13.5. The molecule has 0 aliphatic carbocycles. The second kappa shape index (κ2) is 6.18. The molecule has 1 saturated heterocycles. The van der Waals surface area contributed by atoms with E-state index in [-0.39, 0.29) is 35.6 Å². The number of nitrogens with one attached hydrogen (secondary N) is 1. The Balaban J connectivity index is 1.97. The normalized spacial score (nSPS) is 23.4. The van der Waals surface area contributed by atoms with Crippen molar-refractivity contribution in [2.24, 2.45) is 0 Å². The predicted molar refractivity (Wildman–Crippen MR) is 74.3 cm³/mol. The van der Waals surface area contributed by atoms with E-state index >= 15 is 0 Å². The van der Waals surface area contributed by atoms with Gasteiger partial charge in [0.2, 0.25) is 0 Å². The second-order valence-corrected chi connectivity index (χ2v) is 7.65. The maximum atomic E-state index is 13.5. The lowest BCUT2D eigenvalue weighted by atomic mass is 10.0. The summed E-state index contributed by atoms with van der Waals surface area (Å²) in [6, 6.07) is 3.49. The topological polar surface area (TPSA) is 46.2 Å². The van der Waals surface area contributed by atoms with Crippen LogP contribution in [0, 0.1) is 11.6 Å². The van der Waals surface area contributed by atoms with Crippen molar-refractivity contribution in [2.45, 2.75) is 38.3 Å². The summed E-state index contributed by atoms with van der Waals surface area (Å²) in [5, 5.41) is 3.16. The van der Waals surface area contributed by atoms with E-state index in [1.165, 1.54) is 18.2 Å². The predicted octanol–water partition coefficient (Wildman–Crippen LogP) is 2.06. The monoisotopic (exact) mass is 303 g/mol. The van der Waals surface area contributed by atoms with Crippen molar-refractivity contribution in [1.82, 2.24) is 5.32 Å². The molecule has 2 rings (SSSR count). The van der Waals surface area contributed by atoms with Gasteiger partial charge in [0.15, 0.2) is 9.84 Å². The van der Waals surface area contributed by atoms with E-state index in [2.05, 4.69) is 5.32 Å². The summed E-state index contributed by atoms with van der Waals surface area (Å²) >= 11 is 0. The Hall–Kier alpha value is -1.01. The molecule has 2 unspecified atom stereocenters. The van der Waals surface area contributed by atoms with Crippen LogP contribution in [0.1, 0.15) is 25.3 Å². The highest BCUT2D eigenvalue weighted by atomic mass is 32.2. The zero-order valence-corrected chi connectivity index (χ0v) is 12.2. The van der Waals surface area contributed by atoms with Crippen LogP contribution in [-0.2, 0) is 16.3 Å². The van der Waals surface area contributed by atoms with E-state index in [4.69, 9.17) is 0 Å². The van der Waals surface area contributed by atoms with Crippen LogP contribution in [0.4, 0.5) is 8.78 Å². The zero-order chi connectivity index (χ0) is 14.8. The largest absolute Gasteiger partial charge is 0.310 e. The highest BCUT2D eigenvalue weighted by Gasteiger charge is 2.26. The summed E-state index contributed by atoms with van der Waals surface area (Å²) in [4.78, 5) is 0. The Kier molecular flexibility index (Phi) is 4.75. The highest BCUT2D eigenvalue weighted by molar-refractivity contribution is 7.91. The highest BCUT2D eigenvalue weighted by Crippen LogP contribution is 2.16. The number of hydrogen-bond donors (Lipinski definition) is 1. The van der Waals surface area contributed by atoms with Crippen LogP contribution < -0.4 is 5.32 Å². The molecule has 0 amide bonds. The number of benzene rings is 1. The molecule has 0 spiro atoms. The van der Waals surface area contributed by atoms with Gasteiger partial charge in [-0.25, -0.2) is 17.2 Å². The van der Waals surface area contributed by atoms with Gasteiger partial charge in [-0.05, 0) is 38.3 Å². The molecule has 6 heteroatoms. The minimum absolute atomic E-state index is 0.0474. The fraction of sp³-hybridized carbons (Fsp3) is 0.571. The lowest BCUT2D eigenvalue weighted by molar-refractivity contribution is 0.419. The van der Waals surface area contributed by atoms with Crippen molar-refractivity contribution < 1.29 is 17.2 Å². The molecule has 112 valence electrons. The van der Waals surface area contributed by atoms with Crippen LogP contribution in [0.2, 0.25) is 0 Å². The fourth-order valence-electron chi connectivity index (χ4n) is 2.65. The lowest BCUT2D eigenvalue weighted by Crippen LogP contribution is -2.45. The summed E-state index contributed by atoms with van der Waals surface area (Å²) in [6.45, 7) is 1.81. The Morgan fingerprint density at radius 2 is 2.00 bits per heavy atom. The van der Waals surface area contributed by atoms with Gasteiger partial charge in [0.1, 0.15) is 11.6 Å². The van der Waals surface area contributed by atoms with Gasteiger partial charge in [-0.2, -0.15) is 0 Å². The molecule has 1 aliphatic heterocycles. The van der Waals surface area contributed by atoms with Gasteiger partial charge in [-0.1, -0.05) is 6.07 Å². The van der Waals surface area contributed by atoms with Crippen molar-refractivity contribution in [2.75, 3.05) is 11.5 Å². The third-order valence-corrected chi connectivity index (χ3v) is 5.38.